The number of benzene rings is 2. The fourth-order valence-electron chi connectivity index (χ4n) is 2.98. The van der Waals surface area contributed by atoms with E-state index in [1.54, 1.807) is 0 Å². The summed E-state index contributed by atoms with van der Waals surface area (Å²) in [5.74, 6) is 2.02. The van der Waals surface area contributed by atoms with Crippen molar-refractivity contribution in [2.75, 3.05) is 0 Å². The number of ether oxygens (including phenoxy) is 1. The number of hydrogen-bond donors (Lipinski definition) is 1. The Labute approximate surface area is 144 Å². The predicted molar refractivity (Wildman–Crippen MR) is 98.3 cm³/mol. The Morgan fingerprint density at radius 1 is 1.00 bits per heavy atom. The van der Waals surface area contributed by atoms with Crippen molar-refractivity contribution >= 4 is 11.0 Å². The summed E-state index contributed by atoms with van der Waals surface area (Å²) in [5.41, 5.74) is 3.88. The van der Waals surface area contributed by atoms with Crippen molar-refractivity contribution < 1.29 is 9.30 Å². The molecule has 2 aromatic carbocycles. The lowest BCUT2D eigenvalue weighted by Gasteiger charge is -2.19. The summed E-state index contributed by atoms with van der Waals surface area (Å²) in [4.78, 5) is 3.49. The van der Waals surface area contributed by atoms with Crippen LogP contribution in [-0.4, -0.2) is 4.98 Å². The van der Waals surface area contributed by atoms with Crippen molar-refractivity contribution in [2.45, 2.75) is 52.7 Å². The Balaban J connectivity index is 1.79. The minimum atomic E-state index is 0.167. The van der Waals surface area contributed by atoms with E-state index in [9.17, 15) is 0 Å². The maximum absolute atomic E-state index is 6.02. The molecule has 3 aromatic rings. The largest absolute Gasteiger partial charge is 0.481 e. The quantitative estimate of drug-likeness (QED) is 0.675. The Kier molecular flexibility index (Phi) is 4.61. The second-order valence-electron chi connectivity index (χ2n) is 7.30. The molecule has 3 heteroatoms. The van der Waals surface area contributed by atoms with E-state index in [-0.39, 0.29) is 5.41 Å². The van der Waals surface area contributed by atoms with Gasteiger partial charge in [-0.3, -0.25) is 0 Å². The molecule has 3 rings (SSSR count). The van der Waals surface area contributed by atoms with Gasteiger partial charge in [0.2, 0.25) is 0 Å². The van der Waals surface area contributed by atoms with E-state index in [1.165, 1.54) is 11.1 Å². The minimum Gasteiger partial charge on any atom is -0.481 e. The molecule has 1 aromatic heterocycles. The SMILES string of the molecule is CCC[n+]1c(COc2ccc(C(C)(C)C)cc2)[nH]c2ccccc21. The molecule has 0 spiro atoms. The van der Waals surface area contributed by atoms with Gasteiger partial charge in [-0.25, -0.2) is 9.55 Å². The standard InChI is InChI=1S/C21H26N2O/c1-5-14-23-19-9-7-6-8-18(19)22-20(23)15-24-17-12-10-16(11-13-17)21(2,3)4/h6-13H,5,14-15H2,1-4H3/p+1. The second kappa shape index (κ2) is 6.68. The van der Waals surface area contributed by atoms with Gasteiger partial charge in [0.15, 0.2) is 17.6 Å². The molecule has 126 valence electrons. The fourth-order valence-corrected chi connectivity index (χ4v) is 2.98. The maximum atomic E-state index is 6.02. The summed E-state index contributed by atoms with van der Waals surface area (Å²) >= 11 is 0. The number of imidazole rings is 1. The number of H-pyrrole nitrogens is 1. The van der Waals surface area contributed by atoms with Crippen molar-refractivity contribution in [1.29, 1.82) is 0 Å². The predicted octanol–water partition coefficient (Wildman–Crippen LogP) is 4.74. The minimum absolute atomic E-state index is 0.167. The lowest BCUT2D eigenvalue weighted by molar-refractivity contribution is -0.680. The Morgan fingerprint density at radius 2 is 1.71 bits per heavy atom. The Bertz CT molecular complexity index is 810. The average Bonchev–Trinajstić information content (AvgIpc) is 2.91. The number of aromatic amines is 1. The van der Waals surface area contributed by atoms with Crippen molar-refractivity contribution in [3.8, 4) is 5.75 Å². The van der Waals surface area contributed by atoms with Crippen LogP contribution in [0, 0.1) is 0 Å². The smallest absolute Gasteiger partial charge is 0.293 e. The number of aryl methyl sites for hydroxylation is 1. The van der Waals surface area contributed by atoms with E-state index in [2.05, 4.69) is 85.8 Å². The molecular formula is C21H27N2O+. The second-order valence-corrected chi connectivity index (χ2v) is 7.30. The highest BCUT2D eigenvalue weighted by atomic mass is 16.5. The first-order valence-electron chi connectivity index (χ1n) is 8.72. The first-order chi connectivity index (χ1) is 11.5. The first kappa shape index (κ1) is 16.6. The van der Waals surface area contributed by atoms with Crippen molar-refractivity contribution in [2.24, 2.45) is 0 Å². The summed E-state index contributed by atoms with van der Waals surface area (Å²) in [7, 11) is 0. The molecule has 1 heterocycles. The van der Waals surface area contributed by atoms with Crippen LogP contribution < -0.4 is 9.30 Å². The van der Waals surface area contributed by atoms with Crippen LogP contribution in [0.25, 0.3) is 11.0 Å². The van der Waals surface area contributed by atoms with Gasteiger partial charge in [0.1, 0.15) is 5.75 Å². The molecule has 24 heavy (non-hydrogen) atoms. The molecule has 0 aliphatic rings. The van der Waals surface area contributed by atoms with Gasteiger partial charge in [0.25, 0.3) is 5.82 Å². The molecule has 0 atom stereocenters. The van der Waals surface area contributed by atoms with Crippen molar-refractivity contribution in [3.63, 3.8) is 0 Å². The Morgan fingerprint density at radius 3 is 2.38 bits per heavy atom. The van der Waals surface area contributed by atoms with Crippen LogP contribution in [0.2, 0.25) is 0 Å². The lowest BCUT2D eigenvalue weighted by Crippen LogP contribution is -2.37. The van der Waals surface area contributed by atoms with E-state index in [0.29, 0.717) is 6.61 Å². The number of hydrogen-bond acceptors (Lipinski definition) is 1. The van der Waals surface area contributed by atoms with Gasteiger partial charge in [-0.15, -0.1) is 0 Å². The lowest BCUT2D eigenvalue weighted by atomic mass is 9.87. The zero-order valence-corrected chi connectivity index (χ0v) is 15.1. The molecule has 0 saturated carbocycles. The summed E-state index contributed by atoms with van der Waals surface area (Å²) in [5, 5.41) is 0. The number of aromatic nitrogens is 2. The van der Waals surface area contributed by atoms with Crippen LogP contribution in [0.4, 0.5) is 0 Å². The topological polar surface area (TPSA) is 28.9 Å². The van der Waals surface area contributed by atoms with Crippen LogP contribution in [-0.2, 0) is 18.6 Å². The third-order valence-corrected chi connectivity index (χ3v) is 4.34. The van der Waals surface area contributed by atoms with Crippen LogP contribution in [0.15, 0.2) is 48.5 Å². The third kappa shape index (κ3) is 3.45. The van der Waals surface area contributed by atoms with Crippen LogP contribution in [0.1, 0.15) is 45.5 Å². The first-order valence-corrected chi connectivity index (χ1v) is 8.72. The summed E-state index contributed by atoms with van der Waals surface area (Å²) in [6, 6.07) is 16.8. The van der Waals surface area contributed by atoms with Gasteiger partial charge in [0.05, 0.1) is 6.54 Å². The van der Waals surface area contributed by atoms with E-state index >= 15 is 0 Å². The molecule has 0 amide bonds. The van der Waals surface area contributed by atoms with Crippen molar-refractivity contribution in [1.82, 2.24) is 4.98 Å². The van der Waals surface area contributed by atoms with Crippen LogP contribution in [0.5, 0.6) is 5.75 Å². The van der Waals surface area contributed by atoms with Crippen molar-refractivity contribution in [3.05, 3.63) is 59.9 Å². The van der Waals surface area contributed by atoms with Crippen LogP contribution >= 0.6 is 0 Å². The van der Waals surface area contributed by atoms with E-state index in [1.807, 2.05) is 0 Å². The van der Waals surface area contributed by atoms with Gasteiger partial charge in [-0.1, -0.05) is 52.0 Å². The fraction of sp³-hybridized carbons (Fsp3) is 0.381. The normalized spacial score (nSPS) is 11.8. The van der Waals surface area contributed by atoms with Gasteiger partial charge in [-0.2, -0.15) is 0 Å². The molecule has 0 bridgehead atoms. The highest BCUT2D eigenvalue weighted by Crippen LogP contribution is 2.24. The third-order valence-electron chi connectivity index (χ3n) is 4.34. The van der Waals surface area contributed by atoms with E-state index < -0.39 is 0 Å². The molecule has 3 nitrogen and oxygen atoms in total. The van der Waals surface area contributed by atoms with Gasteiger partial charge in [0, 0.05) is 0 Å². The molecule has 0 aliphatic heterocycles. The maximum Gasteiger partial charge on any atom is 0.293 e. The Hall–Kier alpha value is -2.29. The summed E-state index contributed by atoms with van der Waals surface area (Å²) in [6.45, 7) is 10.4. The summed E-state index contributed by atoms with van der Waals surface area (Å²) < 4.78 is 8.34. The number of rotatable bonds is 5. The van der Waals surface area contributed by atoms with Gasteiger partial charge < -0.3 is 4.74 Å². The van der Waals surface area contributed by atoms with E-state index in [0.717, 1.165) is 30.1 Å². The number of nitrogens with one attached hydrogen (secondary N) is 1. The molecule has 0 aliphatic carbocycles. The number of para-hydroxylation sites is 2. The van der Waals surface area contributed by atoms with Gasteiger partial charge >= 0.3 is 0 Å². The van der Waals surface area contributed by atoms with Crippen LogP contribution in [0.3, 0.4) is 0 Å². The molecule has 0 fully saturated rings. The van der Waals surface area contributed by atoms with E-state index in [4.69, 9.17) is 4.74 Å². The highest BCUT2D eigenvalue weighted by Gasteiger charge is 2.18. The molecule has 0 unspecified atom stereocenters. The number of fused-ring (bicyclic) bond motifs is 1. The zero-order chi connectivity index (χ0) is 17.2. The molecule has 0 saturated heterocycles. The molecular weight excluding hydrogens is 296 g/mol. The monoisotopic (exact) mass is 323 g/mol. The highest BCUT2D eigenvalue weighted by molar-refractivity contribution is 5.70. The average molecular weight is 323 g/mol. The molecule has 1 N–H and O–H groups in total. The summed E-state index contributed by atoms with van der Waals surface area (Å²) in [6.07, 6.45) is 1.10. The molecule has 0 radical (unpaired) electrons. The number of nitrogens with zero attached hydrogens (tertiary/aromatic N) is 1. The zero-order valence-electron chi connectivity index (χ0n) is 15.1. The van der Waals surface area contributed by atoms with Gasteiger partial charge in [-0.05, 0) is 41.7 Å².